The van der Waals surface area contributed by atoms with Crippen molar-refractivity contribution in [1.82, 2.24) is 14.5 Å². The van der Waals surface area contributed by atoms with Crippen LogP contribution in [0.15, 0.2) is 104 Å². The number of hydrogen-bond acceptors (Lipinski definition) is 14. The zero-order valence-electron chi connectivity index (χ0n) is 24.8. The molecular formula is C32H16N8O10. The molecule has 7 rings (SSSR count). The molecule has 244 valence electrons. The quantitative estimate of drug-likeness (QED) is 0.130. The van der Waals surface area contributed by atoms with E-state index in [1.165, 1.54) is 66.7 Å². The maximum absolute atomic E-state index is 13.9. The molecule has 2 heterocycles. The number of hydrogen-bond donors (Lipinski definition) is 2. The lowest BCUT2D eigenvalue weighted by atomic mass is 10.0. The second kappa shape index (κ2) is 11.5. The van der Waals surface area contributed by atoms with Crippen molar-refractivity contribution in [2.24, 2.45) is 0 Å². The highest BCUT2D eigenvalue weighted by atomic mass is 16.6. The monoisotopic (exact) mass is 672 g/mol. The largest absolute Gasteiger partial charge is 0.337 e. The fraction of sp³-hybridized carbons (Fsp3) is 0. The fourth-order valence-electron chi connectivity index (χ4n) is 5.49. The average Bonchev–Trinajstić information content (AvgIpc) is 3.35. The van der Waals surface area contributed by atoms with E-state index >= 15 is 0 Å². The van der Waals surface area contributed by atoms with Crippen LogP contribution in [0.25, 0.3) is 38.3 Å². The molecule has 0 radical (unpaired) electrons. The Morgan fingerprint density at radius 1 is 0.520 bits per heavy atom. The first kappa shape index (κ1) is 30.9. The minimum absolute atomic E-state index is 0.0959. The third-order valence-corrected chi connectivity index (χ3v) is 7.78. The van der Waals surface area contributed by atoms with Crippen molar-refractivity contribution >= 4 is 72.7 Å². The van der Waals surface area contributed by atoms with Gasteiger partial charge in [-0.25, -0.2) is 14.5 Å². The third-order valence-electron chi connectivity index (χ3n) is 7.78. The summed E-state index contributed by atoms with van der Waals surface area (Å²) in [4.78, 5) is 95.5. The van der Waals surface area contributed by atoms with Gasteiger partial charge in [0.05, 0.1) is 31.2 Å². The summed E-state index contributed by atoms with van der Waals surface area (Å²) in [6.45, 7) is 0. The molecule has 18 nitrogen and oxygen atoms in total. The zero-order chi connectivity index (χ0) is 35.4. The number of nitrogens with one attached hydrogen (secondary N) is 2. The van der Waals surface area contributed by atoms with Gasteiger partial charge in [-0.05, 0) is 30.3 Å². The molecule has 5 aromatic carbocycles. The van der Waals surface area contributed by atoms with Gasteiger partial charge in [-0.1, -0.05) is 18.2 Å². The topological polar surface area (TPSA) is 252 Å². The smallest absolute Gasteiger partial charge is 0.271 e. The van der Waals surface area contributed by atoms with E-state index in [1.54, 1.807) is 0 Å². The standard InChI is InChI=1S/C32H16N8O10/c41-27-21-13-23-24(32(44)37(31(23)43)17-6-3-9-20(12-17)40(49)50)14-22(21)28(42)26-25(27)35-29(33-15-4-1-7-18(10-15)38(45)46)30(36-26)34-16-5-2-8-19(11-16)39(47)48/h1-14H,(H,33,35)(H,34,36). The first-order chi connectivity index (χ1) is 23.9. The van der Waals surface area contributed by atoms with Crippen LogP contribution in [0, 0.1) is 30.3 Å². The van der Waals surface area contributed by atoms with Crippen molar-refractivity contribution < 1.29 is 14.8 Å². The number of nitro groups is 3. The summed E-state index contributed by atoms with van der Waals surface area (Å²) in [5.74, 6) is -0.380. The van der Waals surface area contributed by atoms with E-state index in [0.717, 1.165) is 18.2 Å². The van der Waals surface area contributed by atoms with Crippen LogP contribution in [0.4, 0.5) is 40.1 Å². The third kappa shape index (κ3) is 5.10. The summed E-state index contributed by atoms with van der Waals surface area (Å²) >= 11 is 0. The van der Waals surface area contributed by atoms with Gasteiger partial charge in [0.25, 0.3) is 28.2 Å². The highest BCUT2D eigenvalue weighted by Crippen LogP contribution is 2.30. The van der Waals surface area contributed by atoms with E-state index in [2.05, 4.69) is 20.6 Å². The fourth-order valence-corrected chi connectivity index (χ4v) is 5.49. The Bertz CT molecular complexity index is 2700. The molecule has 2 aromatic heterocycles. The molecule has 2 N–H and O–H groups in total. The van der Waals surface area contributed by atoms with Crippen LogP contribution in [0.5, 0.6) is 0 Å². The van der Waals surface area contributed by atoms with Crippen LogP contribution < -0.4 is 32.6 Å². The molecule has 7 aromatic rings. The highest BCUT2D eigenvalue weighted by molar-refractivity contribution is 6.03. The van der Waals surface area contributed by atoms with Gasteiger partial charge >= 0.3 is 0 Å². The van der Waals surface area contributed by atoms with E-state index < -0.39 is 47.8 Å². The second-order valence-corrected chi connectivity index (χ2v) is 10.8. The summed E-state index contributed by atoms with van der Waals surface area (Å²) in [6, 6.07) is 17.5. The lowest BCUT2D eigenvalue weighted by molar-refractivity contribution is -0.385. The SMILES string of the molecule is O=c1c2cc3c(=O)n(-c4cccc([N+](=O)[O-])c4)c(=O)c3cc2c(=O)c2nc(Nc3cccc([N+](=O)[O-])c3)c(Nc3cccc([N+](=O)[O-])c3)nc12. The van der Waals surface area contributed by atoms with Crippen LogP contribution >= 0.6 is 0 Å². The van der Waals surface area contributed by atoms with Crippen molar-refractivity contribution in [1.29, 1.82) is 0 Å². The number of fused-ring (bicyclic) bond motifs is 3. The average molecular weight is 673 g/mol. The molecule has 0 fully saturated rings. The molecule has 0 bridgehead atoms. The van der Waals surface area contributed by atoms with Gasteiger partial charge < -0.3 is 10.6 Å². The number of aromatic nitrogens is 3. The minimum Gasteiger partial charge on any atom is -0.337 e. The van der Waals surface area contributed by atoms with Crippen molar-refractivity contribution in [3.63, 3.8) is 0 Å². The summed E-state index contributed by atoms with van der Waals surface area (Å²) < 4.78 is 0.698. The van der Waals surface area contributed by atoms with Gasteiger partial charge in [-0.2, -0.15) is 0 Å². The Hall–Kier alpha value is -7.76. The number of nitrogens with zero attached hydrogens (tertiary/aromatic N) is 6. The van der Waals surface area contributed by atoms with Crippen molar-refractivity contribution in [3.8, 4) is 5.69 Å². The van der Waals surface area contributed by atoms with Gasteiger partial charge in [0.1, 0.15) is 11.0 Å². The van der Waals surface area contributed by atoms with Gasteiger partial charge in [0.2, 0.25) is 10.9 Å². The van der Waals surface area contributed by atoms with E-state index in [0.29, 0.717) is 4.57 Å². The Morgan fingerprint density at radius 3 is 1.34 bits per heavy atom. The van der Waals surface area contributed by atoms with E-state index in [4.69, 9.17) is 0 Å². The molecule has 50 heavy (non-hydrogen) atoms. The van der Waals surface area contributed by atoms with E-state index in [1.807, 2.05) is 0 Å². The number of nitro benzene ring substituents is 3. The molecule has 0 saturated heterocycles. The van der Waals surface area contributed by atoms with E-state index in [-0.39, 0.29) is 67.3 Å². The lowest BCUT2D eigenvalue weighted by Crippen LogP contribution is -2.23. The van der Waals surface area contributed by atoms with E-state index in [9.17, 15) is 49.5 Å². The Kier molecular flexibility index (Phi) is 7.09. The maximum Gasteiger partial charge on any atom is 0.271 e. The maximum atomic E-state index is 13.9. The van der Waals surface area contributed by atoms with Crippen molar-refractivity contribution in [2.45, 2.75) is 0 Å². The molecular weight excluding hydrogens is 656 g/mol. The number of non-ortho nitro benzene ring substituents is 3. The lowest BCUT2D eigenvalue weighted by Gasteiger charge is -2.13. The van der Waals surface area contributed by atoms with Crippen molar-refractivity contribution in [2.75, 3.05) is 10.6 Å². The number of rotatable bonds is 8. The molecule has 0 aliphatic carbocycles. The predicted molar refractivity (Wildman–Crippen MR) is 181 cm³/mol. The molecule has 0 aliphatic heterocycles. The number of benzene rings is 5. The molecule has 0 unspecified atom stereocenters. The highest BCUT2D eigenvalue weighted by Gasteiger charge is 2.23. The molecule has 0 atom stereocenters. The molecule has 18 heteroatoms. The minimum atomic E-state index is -0.880. The predicted octanol–water partition coefficient (Wildman–Crippen LogP) is 4.26. The zero-order valence-corrected chi connectivity index (χ0v) is 24.8. The normalized spacial score (nSPS) is 11.2. The molecule has 0 amide bonds. The Balaban J connectivity index is 1.47. The second-order valence-electron chi connectivity index (χ2n) is 10.8. The first-order valence-electron chi connectivity index (χ1n) is 14.3. The first-order valence-corrected chi connectivity index (χ1v) is 14.3. The molecule has 0 saturated carbocycles. The summed E-state index contributed by atoms with van der Waals surface area (Å²) in [7, 11) is 0. The summed E-state index contributed by atoms with van der Waals surface area (Å²) in [5.41, 5.74) is -5.08. The van der Waals surface area contributed by atoms with Gasteiger partial charge in [0, 0.05) is 58.5 Å². The number of anilines is 4. The van der Waals surface area contributed by atoms with Crippen molar-refractivity contribution in [3.05, 3.63) is 156 Å². The van der Waals surface area contributed by atoms with Crippen LogP contribution in [-0.2, 0) is 0 Å². The molecule has 0 aliphatic rings. The summed E-state index contributed by atoms with van der Waals surface area (Å²) in [6.07, 6.45) is 0. The van der Waals surface area contributed by atoms with Gasteiger partial charge in [0.15, 0.2) is 11.6 Å². The van der Waals surface area contributed by atoms with Crippen LogP contribution in [-0.4, -0.2) is 29.3 Å². The van der Waals surface area contributed by atoms with Crippen LogP contribution in [0.2, 0.25) is 0 Å². The Labute approximate surface area is 274 Å². The van der Waals surface area contributed by atoms with Gasteiger partial charge in [-0.3, -0.25) is 49.5 Å². The van der Waals surface area contributed by atoms with Gasteiger partial charge in [-0.15, -0.1) is 0 Å². The van der Waals surface area contributed by atoms with Crippen LogP contribution in [0.1, 0.15) is 0 Å². The molecule has 0 spiro atoms. The Morgan fingerprint density at radius 2 is 0.920 bits per heavy atom. The summed E-state index contributed by atoms with van der Waals surface area (Å²) in [5, 5.41) is 38.8. The van der Waals surface area contributed by atoms with Crippen LogP contribution in [0.3, 0.4) is 0 Å².